The highest BCUT2D eigenvalue weighted by Crippen LogP contribution is 2.10. The van der Waals surface area contributed by atoms with E-state index in [0.29, 0.717) is 22.9 Å². The maximum atomic E-state index is 11.9. The molecule has 86 valence electrons. The Labute approximate surface area is 97.9 Å². The lowest BCUT2D eigenvalue weighted by Gasteiger charge is -2.03. The highest BCUT2D eigenvalue weighted by atomic mass is 31.0. The van der Waals surface area contributed by atoms with Gasteiger partial charge in [0.05, 0.1) is 5.39 Å². The molecule has 0 aliphatic heterocycles. The van der Waals surface area contributed by atoms with Gasteiger partial charge in [-0.3, -0.25) is 4.79 Å². The van der Waals surface area contributed by atoms with Crippen LogP contribution in [0.25, 0.3) is 11.0 Å². The third-order valence-corrected chi connectivity index (χ3v) is 2.74. The fourth-order valence-electron chi connectivity index (χ4n) is 1.53. The van der Waals surface area contributed by atoms with Gasteiger partial charge in [-0.05, 0) is 18.6 Å². The normalized spacial score (nSPS) is 9.75. The minimum Gasteiger partial charge on any atom is -0.457 e. The van der Waals surface area contributed by atoms with Crippen molar-refractivity contribution >= 4 is 25.7 Å². The monoisotopic (exact) mass is 236 g/mol. The van der Waals surface area contributed by atoms with Crippen LogP contribution in [0, 0.1) is 0 Å². The van der Waals surface area contributed by atoms with Gasteiger partial charge in [-0.2, -0.15) is 0 Å². The summed E-state index contributed by atoms with van der Waals surface area (Å²) in [7, 11) is 2.47. The Bertz CT molecular complexity index is 529. The molecule has 0 aliphatic carbocycles. The summed E-state index contributed by atoms with van der Waals surface area (Å²) in [4.78, 5) is 11.9. The van der Waals surface area contributed by atoms with Gasteiger partial charge in [0.15, 0.2) is 5.43 Å². The van der Waals surface area contributed by atoms with Crippen LogP contribution < -0.4 is 10.9 Å². The molecule has 16 heavy (non-hydrogen) atoms. The van der Waals surface area contributed by atoms with E-state index in [0.717, 1.165) is 5.56 Å². The Morgan fingerprint density at radius 1 is 1.25 bits per heavy atom. The molecule has 0 saturated carbocycles. The van der Waals surface area contributed by atoms with Crippen molar-refractivity contribution in [2.75, 3.05) is 0 Å². The van der Waals surface area contributed by atoms with Gasteiger partial charge in [0.25, 0.3) is 0 Å². The van der Waals surface area contributed by atoms with E-state index in [1.165, 1.54) is 0 Å². The van der Waals surface area contributed by atoms with Crippen molar-refractivity contribution in [2.24, 2.45) is 0 Å². The molecule has 0 aliphatic rings. The molecule has 2 aromatic rings. The Hall–Kier alpha value is -1.14. The van der Waals surface area contributed by atoms with Crippen molar-refractivity contribution < 1.29 is 4.42 Å². The molecule has 1 aromatic heterocycles. The van der Waals surface area contributed by atoms with Crippen LogP contribution in [0.1, 0.15) is 26.3 Å². The van der Waals surface area contributed by atoms with Crippen LogP contribution in [0.2, 0.25) is 0 Å². The third kappa shape index (κ3) is 2.33. The van der Waals surface area contributed by atoms with Crippen LogP contribution in [0.5, 0.6) is 0 Å². The Kier molecular flexibility index (Phi) is 4.70. The molecule has 1 aromatic carbocycles. The quantitative estimate of drug-likeness (QED) is 0.713. The largest absolute Gasteiger partial charge is 0.457 e. The molecule has 0 saturated heterocycles. The first-order chi connectivity index (χ1) is 7.74. The molecule has 1 atom stereocenters. The van der Waals surface area contributed by atoms with Crippen molar-refractivity contribution in [2.45, 2.75) is 27.2 Å². The predicted molar refractivity (Wildman–Crippen MR) is 72.6 cm³/mol. The topological polar surface area (TPSA) is 30.2 Å². The summed E-state index contributed by atoms with van der Waals surface area (Å²) < 4.78 is 5.53. The van der Waals surface area contributed by atoms with Crippen LogP contribution in [-0.4, -0.2) is 0 Å². The molecule has 0 radical (unpaired) electrons. The van der Waals surface area contributed by atoms with Gasteiger partial charge < -0.3 is 4.42 Å². The van der Waals surface area contributed by atoms with Crippen LogP contribution in [0.3, 0.4) is 0 Å². The molecule has 0 N–H and O–H groups in total. The number of benzene rings is 1. The molecule has 0 fully saturated rings. The summed E-state index contributed by atoms with van der Waals surface area (Å²) in [6.45, 7) is 5.95. The van der Waals surface area contributed by atoms with Crippen molar-refractivity contribution in [3.05, 3.63) is 40.1 Å². The van der Waals surface area contributed by atoms with Crippen LogP contribution >= 0.6 is 9.24 Å². The first-order valence-electron chi connectivity index (χ1n) is 5.54. The zero-order valence-corrected chi connectivity index (χ0v) is 11.1. The number of hydrogen-bond donors (Lipinski definition) is 0. The molecule has 1 unspecified atom stereocenters. The van der Waals surface area contributed by atoms with E-state index < -0.39 is 0 Å². The number of rotatable bonds is 1. The maximum absolute atomic E-state index is 11.9. The van der Waals surface area contributed by atoms with Gasteiger partial charge in [-0.25, -0.2) is 0 Å². The van der Waals surface area contributed by atoms with Gasteiger partial charge in [0.1, 0.15) is 11.1 Å². The van der Waals surface area contributed by atoms with E-state index in [9.17, 15) is 4.79 Å². The number of fused-ring (bicyclic) bond motifs is 1. The molecular formula is C13H17O2P. The Morgan fingerprint density at radius 3 is 2.50 bits per heavy atom. The lowest BCUT2D eigenvalue weighted by molar-refractivity contribution is 0.636. The van der Waals surface area contributed by atoms with Crippen LogP contribution in [0.4, 0.5) is 0 Å². The zero-order chi connectivity index (χ0) is 12.1. The molecule has 1 heterocycles. The summed E-state index contributed by atoms with van der Waals surface area (Å²) >= 11 is 0. The predicted octanol–water partition coefficient (Wildman–Crippen LogP) is 2.88. The molecule has 3 heteroatoms. The summed E-state index contributed by atoms with van der Waals surface area (Å²) in [6, 6.07) is 7.32. The van der Waals surface area contributed by atoms with Crippen molar-refractivity contribution in [1.82, 2.24) is 0 Å². The summed E-state index contributed by atoms with van der Waals surface area (Å²) in [5.41, 5.74) is 2.13. The third-order valence-electron chi connectivity index (χ3n) is 2.28. The standard InChI is InChI=1S/C11H11O2P.C2H6/c1-2-7-10(12)8-5-3-4-6-9(8)13-11(7)14;1-2/h3-6H,2,14H2,1H3;1-2H3. The first kappa shape index (κ1) is 12.9. The van der Waals surface area contributed by atoms with Crippen molar-refractivity contribution in [3.8, 4) is 0 Å². The fraction of sp³-hybridized carbons (Fsp3) is 0.308. The fourth-order valence-corrected chi connectivity index (χ4v) is 1.99. The molecule has 0 bridgehead atoms. The minimum absolute atomic E-state index is 0.0827. The van der Waals surface area contributed by atoms with E-state index in [1.807, 2.05) is 39.0 Å². The summed E-state index contributed by atoms with van der Waals surface area (Å²) in [5.74, 6) is 0. The smallest absolute Gasteiger partial charge is 0.196 e. The Balaban J connectivity index is 0.000000606. The van der Waals surface area contributed by atoms with Gasteiger partial charge in [-0.15, -0.1) is 0 Å². The maximum Gasteiger partial charge on any atom is 0.196 e. The average Bonchev–Trinajstić information content (AvgIpc) is 2.32. The number of para-hydroxylation sites is 1. The molecule has 0 amide bonds. The van der Waals surface area contributed by atoms with Crippen molar-refractivity contribution in [3.63, 3.8) is 0 Å². The SMILES string of the molecule is CC.CCc1c(P)oc2ccccc2c1=O. The van der Waals surface area contributed by atoms with E-state index in [2.05, 4.69) is 9.24 Å². The molecule has 0 spiro atoms. The highest BCUT2D eigenvalue weighted by molar-refractivity contribution is 7.26. The van der Waals surface area contributed by atoms with Gasteiger partial charge >= 0.3 is 0 Å². The zero-order valence-electron chi connectivity index (χ0n) is 9.91. The lowest BCUT2D eigenvalue weighted by atomic mass is 10.1. The first-order valence-corrected chi connectivity index (χ1v) is 6.12. The van der Waals surface area contributed by atoms with Crippen molar-refractivity contribution in [1.29, 1.82) is 0 Å². The second-order valence-electron chi connectivity index (χ2n) is 3.12. The van der Waals surface area contributed by atoms with E-state index in [-0.39, 0.29) is 5.43 Å². The van der Waals surface area contributed by atoms with Crippen LogP contribution in [0.15, 0.2) is 33.5 Å². The number of hydrogen-bond acceptors (Lipinski definition) is 2. The molecular weight excluding hydrogens is 219 g/mol. The highest BCUT2D eigenvalue weighted by Gasteiger charge is 2.08. The average molecular weight is 236 g/mol. The minimum atomic E-state index is 0.0827. The van der Waals surface area contributed by atoms with E-state index in [4.69, 9.17) is 4.42 Å². The summed E-state index contributed by atoms with van der Waals surface area (Å²) in [5, 5.41) is 0.663. The second-order valence-corrected chi connectivity index (χ2v) is 3.65. The molecule has 2 nitrogen and oxygen atoms in total. The van der Waals surface area contributed by atoms with E-state index in [1.54, 1.807) is 6.07 Å². The molecule has 2 rings (SSSR count). The van der Waals surface area contributed by atoms with Crippen LogP contribution in [-0.2, 0) is 6.42 Å². The summed E-state index contributed by atoms with van der Waals surface area (Å²) in [6.07, 6.45) is 0.700. The van der Waals surface area contributed by atoms with Gasteiger partial charge in [0, 0.05) is 5.56 Å². The van der Waals surface area contributed by atoms with Gasteiger partial charge in [0.2, 0.25) is 0 Å². The Morgan fingerprint density at radius 2 is 1.88 bits per heavy atom. The lowest BCUT2D eigenvalue weighted by Crippen LogP contribution is -2.17. The van der Waals surface area contributed by atoms with Gasteiger partial charge in [-0.1, -0.05) is 42.1 Å². The van der Waals surface area contributed by atoms with E-state index >= 15 is 0 Å². The second kappa shape index (κ2) is 5.81.